The van der Waals surface area contributed by atoms with Gasteiger partial charge in [-0.1, -0.05) is 61.8 Å². The number of likely N-dealkylation sites (tertiary alicyclic amines) is 2. The number of aryl methyl sites for hydroxylation is 1. The van der Waals surface area contributed by atoms with Crippen LogP contribution in [-0.4, -0.2) is 158 Å². The minimum absolute atomic E-state index is 0.0273. The van der Waals surface area contributed by atoms with Crippen LogP contribution in [0.1, 0.15) is 44.4 Å². The smallest absolute Gasteiger partial charge is 0.246 e. The van der Waals surface area contributed by atoms with Gasteiger partial charge in [0.05, 0.1) is 65.4 Å². The number of piperazine rings is 1. The Labute approximate surface area is 442 Å². The number of amides is 3. The van der Waals surface area contributed by atoms with E-state index in [4.69, 9.17) is 16.3 Å². The van der Waals surface area contributed by atoms with Gasteiger partial charge in [0.2, 0.25) is 33.7 Å². The van der Waals surface area contributed by atoms with E-state index >= 15 is 0 Å². The van der Waals surface area contributed by atoms with Gasteiger partial charge >= 0.3 is 0 Å². The van der Waals surface area contributed by atoms with Crippen LogP contribution in [0.4, 0.5) is 34.5 Å². The van der Waals surface area contributed by atoms with Gasteiger partial charge in [0.1, 0.15) is 22.9 Å². The standard InChI is InChI=1S/C52H67ClN12O7S2/c1-33(2)47(51(69)65-30-39(66)26-44(65)50(68)54-27-35-11-13-37(14-12-35)48-34(3)56-32-73-48)59-46(67)31-62-19-17-36(18-20-62)29-63-21-23-64(24-22-63)38-15-16-42(45(25-38)72-5)58-52-55-28-40(53)49(60-52)57-41-9-7-8-10-43(41)61(4)74(6,70)71/h7-16,25,28,32-33,36,39,44,47,66H,17-24,26-27,29-31H2,1-6H3,(H,54,68)(H,59,67)(H2,55,57,58,60)/t39-,44+,47+/m1/s1. The number of carbonyl (C=O) groups excluding carboxylic acids is 3. The van der Waals surface area contributed by atoms with E-state index in [0.717, 1.165) is 92.3 Å². The van der Waals surface area contributed by atoms with Gasteiger partial charge in [-0.3, -0.25) is 28.5 Å². The molecular weight excluding hydrogens is 1000 g/mol. The number of sulfonamides is 1. The molecule has 0 saturated carbocycles. The molecule has 0 aliphatic carbocycles. The molecule has 5 N–H and O–H groups in total. The Bertz CT molecular complexity index is 2880. The first-order valence-corrected chi connectivity index (χ1v) is 28.1. The first-order chi connectivity index (χ1) is 35.4. The Kier molecular flexibility index (Phi) is 17.6. The molecule has 5 aromatic rings. The maximum absolute atomic E-state index is 14.0. The number of thiazole rings is 1. The molecule has 8 rings (SSSR count). The van der Waals surface area contributed by atoms with E-state index in [1.165, 1.54) is 22.4 Å². The number of nitrogens with zero attached hydrogens (tertiary/aromatic N) is 8. The summed E-state index contributed by atoms with van der Waals surface area (Å²) in [5.41, 5.74) is 7.39. The first kappa shape index (κ1) is 54.2. The highest BCUT2D eigenvalue weighted by Crippen LogP contribution is 2.35. The van der Waals surface area contributed by atoms with E-state index in [1.807, 2.05) is 68.7 Å². The molecule has 0 unspecified atom stereocenters. The fourth-order valence-electron chi connectivity index (χ4n) is 9.74. The quantitative estimate of drug-likeness (QED) is 0.0670. The highest BCUT2D eigenvalue weighted by atomic mass is 35.5. The third-order valence-electron chi connectivity index (χ3n) is 14.0. The van der Waals surface area contributed by atoms with Gasteiger partial charge in [-0.05, 0) is 80.1 Å². The normalized spacial score (nSPS) is 18.3. The second-order valence-electron chi connectivity index (χ2n) is 19.6. The molecule has 3 aromatic carbocycles. The highest BCUT2D eigenvalue weighted by Gasteiger charge is 2.42. The zero-order chi connectivity index (χ0) is 52.7. The van der Waals surface area contributed by atoms with Crippen molar-refractivity contribution in [1.82, 2.24) is 40.3 Å². The van der Waals surface area contributed by atoms with Gasteiger partial charge in [-0.2, -0.15) is 4.98 Å². The summed E-state index contributed by atoms with van der Waals surface area (Å²) in [5, 5.41) is 23.2. The minimum Gasteiger partial charge on any atom is -0.494 e. The SMILES string of the molecule is COc1cc(N2CCN(CC3CCN(CC(=O)N[C@H](C(=O)N4C[C@H](O)C[C@H]4C(=O)NCc4ccc(-c5scnc5C)cc4)C(C)C)CC3)CC2)ccc1Nc1ncc(Cl)c(Nc2ccccc2N(C)S(C)(=O)=O)n1. The Balaban J connectivity index is 0.771. The Hall–Kier alpha value is -6.10. The molecule has 396 valence electrons. The summed E-state index contributed by atoms with van der Waals surface area (Å²) in [7, 11) is -0.425. The van der Waals surface area contributed by atoms with Crippen LogP contribution in [0, 0.1) is 18.8 Å². The summed E-state index contributed by atoms with van der Waals surface area (Å²) in [6, 6.07) is 19.2. The number of hydrogen-bond acceptors (Lipinski definition) is 16. The van der Waals surface area contributed by atoms with Crippen molar-refractivity contribution in [3.8, 4) is 16.2 Å². The lowest BCUT2D eigenvalue weighted by Crippen LogP contribution is -2.56. The fourth-order valence-corrected chi connectivity index (χ4v) is 11.2. The largest absolute Gasteiger partial charge is 0.494 e. The van der Waals surface area contributed by atoms with Crippen LogP contribution in [0.25, 0.3) is 10.4 Å². The third-order valence-corrected chi connectivity index (χ3v) is 16.5. The Morgan fingerprint density at radius 2 is 1.68 bits per heavy atom. The number of para-hydroxylation sites is 2. The number of aliphatic hydroxyl groups excluding tert-OH is 1. The van der Waals surface area contributed by atoms with Crippen LogP contribution < -0.4 is 35.2 Å². The molecule has 3 aliphatic heterocycles. The van der Waals surface area contributed by atoms with Crippen molar-refractivity contribution in [2.45, 2.75) is 64.8 Å². The molecule has 74 heavy (non-hydrogen) atoms. The van der Waals surface area contributed by atoms with Crippen LogP contribution in [-0.2, 0) is 31.0 Å². The number of ether oxygens (including phenoxy) is 1. The molecule has 19 nitrogen and oxygen atoms in total. The van der Waals surface area contributed by atoms with Gasteiger partial charge in [0.25, 0.3) is 0 Å². The van der Waals surface area contributed by atoms with Gasteiger partial charge in [-0.25, -0.2) is 18.4 Å². The van der Waals surface area contributed by atoms with E-state index in [-0.39, 0.29) is 60.7 Å². The molecule has 3 atom stereocenters. The number of aliphatic hydroxyl groups is 1. The Morgan fingerprint density at radius 1 is 0.946 bits per heavy atom. The summed E-state index contributed by atoms with van der Waals surface area (Å²) in [6.45, 7) is 12.3. The van der Waals surface area contributed by atoms with E-state index in [9.17, 15) is 27.9 Å². The number of β-amino-alcohol motifs (C(OH)–C–C–N with tert-alkyl or cyclic N) is 1. The lowest BCUT2D eigenvalue weighted by molar-refractivity contribution is -0.142. The van der Waals surface area contributed by atoms with E-state index < -0.39 is 28.2 Å². The topological polar surface area (TPSA) is 218 Å². The van der Waals surface area contributed by atoms with Crippen molar-refractivity contribution in [3.05, 3.63) is 94.7 Å². The summed E-state index contributed by atoms with van der Waals surface area (Å²) in [4.78, 5) is 63.9. The fraction of sp³-hybridized carbons (Fsp3) is 0.462. The molecule has 0 spiro atoms. The number of halogens is 1. The van der Waals surface area contributed by atoms with Gasteiger partial charge in [-0.15, -0.1) is 11.3 Å². The molecule has 3 saturated heterocycles. The molecule has 0 radical (unpaired) electrons. The third kappa shape index (κ3) is 13.4. The van der Waals surface area contributed by atoms with Gasteiger partial charge < -0.3 is 40.9 Å². The Morgan fingerprint density at radius 3 is 2.35 bits per heavy atom. The maximum Gasteiger partial charge on any atom is 0.246 e. The molecule has 5 heterocycles. The average molecular weight is 1070 g/mol. The second kappa shape index (κ2) is 24.1. The average Bonchev–Trinajstić information content (AvgIpc) is 4.01. The number of aromatic nitrogens is 3. The molecule has 3 aliphatic rings. The molecule has 3 amide bonds. The molecule has 2 aromatic heterocycles. The second-order valence-corrected chi connectivity index (χ2v) is 22.9. The predicted molar refractivity (Wildman–Crippen MR) is 291 cm³/mol. The number of methoxy groups -OCH3 is 1. The number of anilines is 6. The molecule has 3 fully saturated rings. The predicted octanol–water partition coefficient (Wildman–Crippen LogP) is 5.71. The monoisotopic (exact) mass is 1070 g/mol. The van der Waals surface area contributed by atoms with Crippen molar-refractivity contribution < 1.29 is 32.6 Å². The van der Waals surface area contributed by atoms with Crippen LogP contribution in [0.3, 0.4) is 0 Å². The van der Waals surface area contributed by atoms with Crippen molar-refractivity contribution in [3.63, 3.8) is 0 Å². The minimum atomic E-state index is -3.52. The van der Waals surface area contributed by atoms with Crippen molar-refractivity contribution in [2.24, 2.45) is 11.8 Å². The molecular formula is C52H67ClN12O7S2. The van der Waals surface area contributed by atoms with Crippen molar-refractivity contribution in [2.75, 3.05) is 99.2 Å². The molecule has 22 heteroatoms. The van der Waals surface area contributed by atoms with Crippen LogP contribution in [0.5, 0.6) is 5.75 Å². The number of hydrogen-bond donors (Lipinski definition) is 5. The van der Waals surface area contributed by atoms with Gasteiger partial charge in [0.15, 0.2) is 5.82 Å². The number of nitrogens with one attached hydrogen (secondary N) is 4. The maximum atomic E-state index is 14.0. The lowest BCUT2D eigenvalue weighted by Gasteiger charge is -2.39. The molecule has 0 bridgehead atoms. The zero-order valence-electron chi connectivity index (χ0n) is 42.8. The summed E-state index contributed by atoms with van der Waals surface area (Å²) < 4.78 is 31.6. The van der Waals surface area contributed by atoms with E-state index in [0.29, 0.717) is 34.5 Å². The number of benzene rings is 3. The van der Waals surface area contributed by atoms with Gasteiger partial charge in [0, 0.05) is 71.0 Å². The van der Waals surface area contributed by atoms with Crippen LogP contribution >= 0.6 is 22.9 Å². The van der Waals surface area contributed by atoms with Crippen LogP contribution in [0.2, 0.25) is 5.02 Å². The van der Waals surface area contributed by atoms with E-state index in [2.05, 4.69) is 50.9 Å². The summed E-state index contributed by atoms with van der Waals surface area (Å²) >= 11 is 8.07. The zero-order valence-corrected chi connectivity index (χ0v) is 45.1. The summed E-state index contributed by atoms with van der Waals surface area (Å²) in [5.74, 6) is 0.510. The van der Waals surface area contributed by atoms with E-state index in [1.54, 1.807) is 42.7 Å². The van der Waals surface area contributed by atoms with Crippen LogP contribution in [0.15, 0.2) is 78.4 Å². The van der Waals surface area contributed by atoms with Crippen molar-refractivity contribution >= 4 is 85.2 Å². The van der Waals surface area contributed by atoms with Crippen molar-refractivity contribution in [1.29, 1.82) is 0 Å². The number of piperidine rings is 1. The number of rotatable bonds is 19. The lowest BCUT2D eigenvalue weighted by atomic mass is 9.95. The first-order valence-electron chi connectivity index (χ1n) is 25.0. The number of carbonyl (C=O) groups is 3. The highest BCUT2D eigenvalue weighted by molar-refractivity contribution is 7.92. The summed E-state index contributed by atoms with van der Waals surface area (Å²) in [6.07, 6.45) is 3.83.